The fourth-order valence-corrected chi connectivity index (χ4v) is 2.67. The van der Waals surface area contributed by atoms with E-state index in [4.69, 9.17) is 27.9 Å². The Morgan fingerprint density at radius 2 is 1.83 bits per heavy atom. The number of ether oxygens (including phenoxy) is 1. The van der Waals surface area contributed by atoms with Crippen molar-refractivity contribution < 1.29 is 9.53 Å². The van der Waals surface area contributed by atoms with Gasteiger partial charge in [0.15, 0.2) is 0 Å². The zero-order chi connectivity index (χ0) is 17.0. The standard InChI is InChI=1S/C18H19Cl2NO2/c1-18(2,13-8-9-14(19)15(20)11-13)21-17(22)10-12-6-4-5-7-16(12)23-3/h4-9,11H,10H2,1-3H3,(H,21,22). The summed E-state index contributed by atoms with van der Waals surface area (Å²) in [6.07, 6.45) is 0.245. The van der Waals surface area contributed by atoms with Crippen molar-refractivity contribution in [2.24, 2.45) is 0 Å². The van der Waals surface area contributed by atoms with Crippen LogP contribution in [0.4, 0.5) is 0 Å². The topological polar surface area (TPSA) is 38.3 Å². The van der Waals surface area contributed by atoms with Gasteiger partial charge >= 0.3 is 0 Å². The second kappa shape index (κ2) is 7.24. The van der Waals surface area contributed by atoms with E-state index in [1.807, 2.05) is 44.2 Å². The van der Waals surface area contributed by atoms with Crippen molar-refractivity contribution in [2.45, 2.75) is 25.8 Å². The summed E-state index contributed by atoms with van der Waals surface area (Å²) in [5.41, 5.74) is 1.17. The quantitative estimate of drug-likeness (QED) is 0.854. The molecule has 0 aliphatic carbocycles. The number of halogens is 2. The first-order chi connectivity index (χ1) is 10.8. The zero-order valence-corrected chi connectivity index (χ0v) is 14.8. The molecule has 0 aromatic heterocycles. The number of para-hydroxylation sites is 1. The maximum Gasteiger partial charge on any atom is 0.225 e. The average Bonchev–Trinajstić information content (AvgIpc) is 2.49. The molecule has 0 unspecified atom stereocenters. The molecule has 122 valence electrons. The molecule has 2 rings (SSSR count). The van der Waals surface area contributed by atoms with Gasteiger partial charge in [-0.3, -0.25) is 4.79 Å². The molecule has 1 amide bonds. The van der Waals surface area contributed by atoms with Crippen LogP contribution < -0.4 is 10.1 Å². The third-order valence-electron chi connectivity index (χ3n) is 3.64. The van der Waals surface area contributed by atoms with E-state index in [-0.39, 0.29) is 12.3 Å². The van der Waals surface area contributed by atoms with E-state index in [2.05, 4.69) is 5.32 Å². The molecule has 2 aromatic rings. The van der Waals surface area contributed by atoms with Crippen molar-refractivity contribution in [2.75, 3.05) is 7.11 Å². The summed E-state index contributed by atoms with van der Waals surface area (Å²) < 4.78 is 5.28. The number of methoxy groups -OCH3 is 1. The van der Waals surface area contributed by atoms with Gasteiger partial charge in [0.05, 0.1) is 29.1 Å². The maximum absolute atomic E-state index is 12.4. The number of hydrogen-bond acceptors (Lipinski definition) is 2. The maximum atomic E-state index is 12.4. The van der Waals surface area contributed by atoms with Crippen LogP contribution >= 0.6 is 23.2 Å². The summed E-state index contributed by atoms with van der Waals surface area (Å²) in [5.74, 6) is 0.612. The van der Waals surface area contributed by atoms with Gasteiger partial charge in [0.1, 0.15) is 5.75 Å². The zero-order valence-electron chi connectivity index (χ0n) is 13.3. The summed E-state index contributed by atoms with van der Waals surface area (Å²) in [4.78, 5) is 12.4. The Bertz CT molecular complexity index is 714. The van der Waals surface area contributed by atoms with Gasteiger partial charge in [-0.15, -0.1) is 0 Å². The minimum Gasteiger partial charge on any atom is -0.496 e. The van der Waals surface area contributed by atoms with Crippen molar-refractivity contribution in [3.8, 4) is 5.75 Å². The van der Waals surface area contributed by atoms with E-state index in [1.54, 1.807) is 19.2 Å². The lowest BCUT2D eigenvalue weighted by molar-refractivity contribution is -0.122. The number of carbonyl (C=O) groups is 1. The summed E-state index contributed by atoms with van der Waals surface area (Å²) in [7, 11) is 1.59. The van der Waals surface area contributed by atoms with Crippen LogP contribution in [0.3, 0.4) is 0 Å². The lowest BCUT2D eigenvalue weighted by Gasteiger charge is -2.27. The lowest BCUT2D eigenvalue weighted by Crippen LogP contribution is -2.41. The average molecular weight is 352 g/mol. The van der Waals surface area contributed by atoms with Crippen LogP contribution in [0.2, 0.25) is 10.0 Å². The molecule has 2 aromatic carbocycles. The van der Waals surface area contributed by atoms with Crippen LogP contribution in [0.25, 0.3) is 0 Å². The number of carbonyl (C=O) groups excluding carboxylic acids is 1. The third kappa shape index (κ3) is 4.40. The van der Waals surface area contributed by atoms with Crippen molar-refractivity contribution in [1.29, 1.82) is 0 Å². The molecule has 0 heterocycles. The summed E-state index contributed by atoms with van der Waals surface area (Å²) in [5, 5.41) is 3.98. The molecule has 0 atom stereocenters. The van der Waals surface area contributed by atoms with E-state index >= 15 is 0 Å². The highest BCUT2D eigenvalue weighted by molar-refractivity contribution is 6.42. The van der Waals surface area contributed by atoms with E-state index in [0.717, 1.165) is 11.1 Å². The van der Waals surface area contributed by atoms with Gasteiger partial charge in [-0.05, 0) is 37.6 Å². The van der Waals surface area contributed by atoms with Gasteiger partial charge in [-0.25, -0.2) is 0 Å². The predicted octanol–water partition coefficient (Wildman–Crippen LogP) is 4.60. The van der Waals surface area contributed by atoms with Crippen molar-refractivity contribution in [1.82, 2.24) is 5.32 Å². The van der Waals surface area contributed by atoms with E-state index in [9.17, 15) is 4.79 Å². The first-order valence-electron chi connectivity index (χ1n) is 7.22. The van der Waals surface area contributed by atoms with Gasteiger partial charge in [-0.2, -0.15) is 0 Å². The molecule has 0 saturated carbocycles. The molecule has 0 fully saturated rings. The second-order valence-corrected chi connectivity index (χ2v) is 6.61. The molecular weight excluding hydrogens is 333 g/mol. The third-order valence-corrected chi connectivity index (χ3v) is 4.38. The Hall–Kier alpha value is -1.71. The molecule has 5 heteroatoms. The first kappa shape index (κ1) is 17.6. The molecule has 0 spiro atoms. The number of hydrogen-bond donors (Lipinski definition) is 1. The lowest BCUT2D eigenvalue weighted by atomic mass is 9.94. The molecule has 0 bridgehead atoms. The Morgan fingerprint density at radius 3 is 2.48 bits per heavy atom. The Labute approximate surface area is 146 Å². The molecule has 0 saturated heterocycles. The Balaban J connectivity index is 2.13. The SMILES string of the molecule is COc1ccccc1CC(=O)NC(C)(C)c1ccc(Cl)c(Cl)c1. The van der Waals surface area contributed by atoms with Gasteiger partial charge in [0, 0.05) is 5.56 Å². The van der Waals surface area contributed by atoms with Crippen LogP contribution in [0.15, 0.2) is 42.5 Å². The summed E-state index contributed by atoms with van der Waals surface area (Å²) in [6, 6.07) is 12.8. The highest BCUT2D eigenvalue weighted by atomic mass is 35.5. The Kier molecular flexibility index (Phi) is 5.55. The van der Waals surface area contributed by atoms with Gasteiger partial charge in [0.25, 0.3) is 0 Å². The number of benzene rings is 2. The fourth-order valence-electron chi connectivity index (χ4n) is 2.37. The predicted molar refractivity (Wildman–Crippen MR) is 94.3 cm³/mol. The summed E-state index contributed by atoms with van der Waals surface area (Å²) >= 11 is 12.0. The minimum atomic E-state index is -0.562. The highest BCUT2D eigenvalue weighted by Gasteiger charge is 2.24. The second-order valence-electron chi connectivity index (χ2n) is 5.79. The normalized spacial score (nSPS) is 11.2. The molecule has 3 nitrogen and oxygen atoms in total. The molecule has 0 aliphatic heterocycles. The van der Waals surface area contributed by atoms with Crippen LogP contribution in [0.1, 0.15) is 25.0 Å². The highest BCUT2D eigenvalue weighted by Crippen LogP contribution is 2.28. The van der Waals surface area contributed by atoms with Crippen LogP contribution in [0, 0.1) is 0 Å². The number of rotatable bonds is 5. The molecule has 0 aliphatic rings. The number of amides is 1. The van der Waals surface area contributed by atoms with Crippen molar-refractivity contribution >= 4 is 29.1 Å². The van der Waals surface area contributed by atoms with E-state index in [1.165, 1.54) is 0 Å². The first-order valence-corrected chi connectivity index (χ1v) is 7.97. The molecule has 23 heavy (non-hydrogen) atoms. The van der Waals surface area contributed by atoms with Gasteiger partial charge in [-0.1, -0.05) is 47.5 Å². The molecular formula is C18H19Cl2NO2. The van der Waals surface area contributed by atoms with E-state index < -0.39 is 5.54 Å². The largest absolute Gasteiger partial charge is 0.496 e. The number of nitrogens with one attached hydrogen (secondary N) is 1. The van der Waals surface area contributed by atoms with E-state index in [0.29, 0.717) is 15.8 Å². The van der Waals surface area contributed by atoms with Crippen LogP contribution in [-0.2, 0) is 16.8 Å². The Morgan fingerprint density at radius 1 is 1.13 bits per heavy atom. The minimum absolute atomic E-state index is 0.0921. The van der Waals surface area contributed by atoms with Crippen molar-refractivity contribution in [3.05, 3.63) is 63.6 Å². The van der Waals surface area contributed by atoms with Gasteiger partial charge < -0.3 is 10.1 Å². The smallest absolute Gasteiger partial charge is 0.225 e. The molecule has 1 N–H and O–H groups in total. The fraction of sp³-hybridized carbons (Fsp3) is 0.278. The van der Waals surface area contributed by atoms with Gasteiger partial charge in [0.2, 0.25) is 5.91 Å². The van der Waals surface area contributed by atoms with Crippen LogP contribution in [0.5, 0.6) is 5.75 Å². The molecule has 0 radical (unpaired) electrons. The van der Waals surface area contributed by atoms with Crippen molar-refractivity contribution in [3.63, 3.8) is 0 Å². The van der Waals surface area contributed by atoms with Crippen LogP contribution in [-0.4, -0.2) is 13.0 Å². The monoisotopic (exact) mass is 351 g/mol. The summed E-state index contributed by atoms with van der Waals surface area (Å²) in [6.45, 7) is 3.85.